The molecule has 2 N–H and O–H groups in total. The maximum absolute atomic E-state index is 15.5. The first-order valence-electron chi connectivity index (χ1n) is 10.8. The van der Waals surface area contributed by atoms with E-state index >= 15 is 4.39 Å². The number of benzene rings is 1. The number of aliphatic hydroxyl groups is 1. The smallest absolute Gasteiger partial charge is 0.213 e. The van der Waals surface area contributed by atoms with Crippen LogP contribution in [0.4, 0.5) is 15.9 Å². The average molecular weight is 481 g/mol. The highest BCUT2D eigenvalue weighted by molar-refractivity contribution is 5.77. The molecule has 0 spiro atoms. The Hall–Kier alpha value is -3.87. The minimum Gasteiger partial charge on any atom is -0.497 e. The molecule has 5 rings (SSSR count). The quantitative estimate of drug-likeness (QED) is 0.405. The standard InChI is InChI=1S/C23H24FN7O4/c1-30-10-13(8-26-30)17-9-25-16-4-5-20(29-22(16)28-17)31(11-14-12-35-23(32)27-14)18-6-15(33-2)7-19(34-3)21(18)24/h4-10,14,23,27,32H,11-12H2,1-3H3. The van der Waals surface area contributed by atoms with Gasteiger partial charge in [-0.25, -0.2) is 14.4 Å². The van der Waals surface area contributed by atoms with Crippen molar-refractivity contribution in [1.29, 1.82) is 0 Å². The summed E-state index contributed by atoms with van der Waals surface area (Å²) in [6.45, 7) is 0.470. The van der Waals surface area contributed by atoms with Crippen LogP contribution in [0.25, 0.3) is 22.4 Å². The Balaban J connectivity index is 1.61. The van der Waals surface area contributed by atoms with Crippen molar-refractivity contribution in [1.82, 2.24) is 30.0 Å². The van der Waals surface area contributed by atoms with Crippen molar-refractivity contribution in [3.8, 4) is 22.8 Å². The zero-order chi connectivity index (χ0) is 24.5. The lowest BCUT2D eigenvalue weighted by atomic mass is 10.2. The molecule has 2 unspecified atom stereocenters. The van der Waals surface area contributed by atoms with E-state index in [2.05, 4.69) is 20.4 Å². The number of ether oxygens (including phenoxy) is 3. The normalized spacial score (nSPS) is 17.6. The van der Waals surface area contributed by atoms with Crippen molar-refractivity contribution >= 4 is 22.7 Å². The maximum atomic E-state index is 15.5. The van der Waals surface area contributed by atoms with Crippen LogP contribution in [0.3, 0.4) is 0 Å². The van der Waals surface area contributed by atoms with E-state index in [0.29, 0.717) is 28.4 Å². The van der Waals surface area contributed by atoms with Crippen LogP contribution in [-0.2, 0) is 11.8 Å². The predicted molar refractivity (Wildman–Crippen MR) is 125 cm³/mol. The van der Waals surface area contributed by atoms with Gasteiger partial charge in [0.2, 0.25) is 6.41 Å². The van der Waals surface area contributed by atoms with Gasteiger partial charge in [-0.1, -0.05) is 0 Å². The zero-order valence-corrected chi connectivity index (χ0v) is 19.3. The number of nitrogens with zero attached hydrogens (tertiary/aromatic N) is 6. The molecule has 12 heteroatoms. The summed E-state index contributed by atoms with van der Waals surface area (Å²) < 4.78 is 33.0. The first-order valence-corrected chi connectivity index (χ1v) is 10.8. The molecule has 1 aliphatic rings. The fourth-order valence-electron chi connectivity index (χ4n) is 3.90. The number of fused-ring (bicyclic) bond motifs is 1. The lowest BCUT2D eigenvalue weighted by Crippen LogP contribution is -2.39. The van der Waals surface area contributed by atoms with Crippen LogP contribution in [0.15, 0.2) is 42.9 Å². The first kappa shape index (κ1) is 22.9. The second-order valence-electron chi connectivity index (χ2n) is 7.99. The van der Waals surface area contributed by atoms with Crippen molar-refractivity contribution in [2.24, 2.45) is 7.05 Å². The molecule has 1 saturated heterocycles. The second-order valence-corrected chi connectivity index (χ2v) is 7.99. The largest absolute Gasteiger partial charge is 0.497 e. The third-order valence-corrected chi connectivity index (χ3v) is 5.65. The number of halogens is 1. The Morgan fingerprint density at radius 2 is 2.09 bits per heavy atom. The highest BCUT2D eigenvalue weighted by Gasteiger charge is 2.28. The molecule has 1 aliphatic heterocycles. The lowest BCUT2D eigenvalue weighted by Gasteiger charge is -2.28. The molecule has 0 saturated carbocycles. The summed E-state index contributed by atoms with van der Waals surface area (Å²) in [7, 11) is 4.70. The SMILES string of the molecule is COc1cc(OC)c(F)c(N(CC2COC(O)N2)c2ccc3ncc(-c4cnn(C)c4)nc3n2)c1. The van der Waals surface area contributed by atoms with E-state index in [9.17, 15) is 5.11 Å². The van der Waals surface area contributed by atoms with Gasteiger partial charge >= 0.3 is 0 Å². The van der Waals surface area contributed by atoms with Gasteiger partial charge in [-0.3, -0.25) is 15.0 Å². The summed E-state index contributed by atoms with van der Waals surface area (Å²) in [6, 6.07) is 6.24. The van der Waals surface area contributed by atoms with Gasteiger partial charge in [0.05, 0.1) is 50.6 Å². The van der Waals surface area contributed by atoms with E-state index in [4.69, 9.17) is 19.2 Å². The highest BCUT2D eigenvalue weighted by atomic mass is 19.1. The summed E-state index contributed by atoms with van der Waals surface area (Å²) in [6.07, 6.45) is 4.10. The Labute approximate surface area is 200 Å². The van der Waals surface area contributed by atoms with Gasteiger partial charge in [0.15, 0.2) is 17.2 Å². The molecule has 0 aliphatic carbocycles. The van der Waals surface area contributed by atoms with E-state index in [-0.39, 0.29) is 30.6 Å². The maximum Gasteiger partial charge on any atom is 0.213 e. The highest BCUT2D eigenvalue weighted by Crippen LogP contribution is 2.37. The monoisotopic (exact) mass is 481 g/mol. The fourth-order valence-corrected chi connectivity index (χ4v) is 3.90. The molecule has 4 heterocycles. The molecule has 1 fully saturated rings. The van der Waals surface area contributed by atoms with Gasteiger partial charge in [-0.15, -0.1) is 0 Å². The summed E-state index contributed by atoms with van der Waals surface area (Å²) in [4.78, 5) is 15.5. The molecule has 3 aromatic heterocycles. The third kappa shape index (κ3) is 4.58. The molecule has 0 radical (unpaired) electrons. The number of aryl methyl sites for hydroxylation is 1. The molecule has 182 valence electrons. The Morgan fingerprint density at radius 1 is 1.23 bits per heavy atom. The molecular formula is C23H24FN7O4. The molecule has 35 heavy (non-hydrogen) atoms. The minimum atomic E-state index is -1.09. The molecule has 0 amide bonds. The predicted octanol–water partition coefficient (Wildman–Crippen LogP) is 1.98. The molecule has 0 bridgehead atoms. The van der Waals surface area contributed by atoms with Gasteiger partial charge in [0.1, 0.15) is 17.1 Å². The summed E-state index contributed by atoms with van der Waals surface area (Å²) in [5, 5.41) is 16.8. The zero-order valence-electron chi connectivity index (χ0n) is 19.3. The Morgan fingerprint density at radius 3 is 2.77 bits per heavy atom. The van der Waals surface area contributed by atoms with E-state index in [0.717, 1.165) is 5.56 Å². The summed E-state index contributed by atoms with van der Waals surface area (Å²) in [5.74, 6) is 0.287. The lowest BCUT2D eigenvalue weighted by molar-refractivity contribution is -0.0719. The molecule has 2 atom stereocenters. The van der Waals surface area contributed by atoms with Crippen molar-refractivity contribution in [3.63, 3.8) is 0 Å². The van der Waals surface area contributed by atoms with Crippen LogP contribution >= 0.6 is 0 Å². The summed E-state index contributed by atoms with van der Waals surface area (Å²) in [5.41, 5.74) is 2.58. The Kier molecular flexibility index (Phi) is 6.16. The number of pyridine rings is 1. The van der Waals surface area contributed by atoms with Crippen LogP contribution in [0.5, 0.6) is 11.5 Å². The minimum absolute atomic E-state index is 0.0273. The first-order chi connectivity index (χ1) is 16.9. The number of hydrogen-bond acceptors (Lipinski definition) is 10. The van der Waals surface area contributed by atoms with Crippen molar-refractivity contribution in [3.05, 3.63) is 48.7 Å². The van der Waals surface area contributed by atoms with Crippen LogP contribution in [0.2, 0.25) is 0 Å². The van der Waals surface area contributed by atoms with Gasteiger partial charge < -0.3 is 24.2 Å². The van der Waals surface area contributed by atoms with E-state index in [1.807, 2.05) is 13.2 Å². The van der Waals surface area contributed by atoms with E-state index < -0.39 is 12.2 Å². The summed E-state index contributed by atoms with van der Waals surface area (Å²) >= 11 is 0. The molecule has 4 aromatic rings. The second kappa shape index (κ2) is 9.41. The number of rotatable bonds is 7. The van der Waals surface area contributed by atoms with Crippen molar-refractivity contribution in [2.75, 3.05) is 32.3 Å². The van der Waals surface area contributed by atoms with Gasteiger partial charge in [-0.2, -0.15) is 5.10 Å². The van der Waals surface area contributed by atoms with Gasteiger partial charge in [0, 0.05) is 37.5 Å². The van der Waals surface area contributed by atoms with Crippen molar-refractivity contribution < 1.29 is 23.7 Å². The van der Waals surface area contributed by atoms with Gasteiger partial charge in [0.25, 0.3) is 0 Å². The molecule has 1 aromatic carbocycles. The number of nitrogens with one attached hydrogen (secondary N) is 1. The van der Waals surface area contributed by atoms with Crippen LogP contribution < -0.4 is 19.7 Å². The topological polar surface area (TPSA) is 120 Å². The molecular weight excluding hydrogens is 457 g/mol. The third-order valence-electron chi connectivity index (χ3n) is 5.65. The number of aromatic nitrogens is 5. The van der Waals surface area contributed by atoms with Crippen molar-refractivity contribution in [2.45, 2.75) is 12.5 Å². The number of anilines is 2. The van der Waals surface area contributed by atoms with Crippen LogP contribution in [0, 0.1) is 5.82 Å². The van der Waals surface area contributed by atoms with E-state index in [1.165, 1.54) is 20.3 Å². The van der Waals surface area contributed by atoms with Gasteiger partial charge in [-0.05, 0) is 12.1 Å². The van der Waals surface area contributed by atoms with Crippen LogP contribution in [-0.4, -0.2) is 69.7 Å². The van der Waals surface area contributed by atoms with Crippen LogP contribution in [0.1, 0.15) is 0 Å². The number of methoxy groups -OCH3 is 2. The fraction of sp³-hybridized carbons (Fsp3) is 0.304. The molecule has 11 nitrogen and oxygen atoms in total. The number of hydrogen-bond donors (Lipinski definition) is 2. The number of aliphatic hydroxyl groups excluding tert-OH is 1. The van der Waals surface area contributed by atoms with E-state index in [1.54, 1.807) is 40.2 Å². The Bertz CT molecular complexity index is 1370. The average Bonchev–Trinajstić information content (AvgIpc) is 3.50.